The molecule has 1 heterocycles. The minimum absolute atomic E-state index is 0.0345. The monoisotopic (exact) mass is 415 g/mol. The van der Waals surface area contributed by atoms with Gasteiger partial charge >= 0.3 is 0 Å². The number of carbonyl (C=O) groups excluding carboxylic acids is 3. The molecule has 0 saturated carbocycles. The zero-order valence-corrected chi connectivity index (χ0v) is 15.9. The van der Waals surface area contributed by atoms with Crippen molar-refractivity contribution >= 4 is 58.4 Å². The van der Waals surface area contributed by atoms with E-state index in [1.165, 1.54) is 11.0 Å². The molecular formula is C19H14ClN3O4S. The second-order valence-corrected chi connectivity index (χ2v) is 6.55. The van der Waals surface area contributed by atoms with E-state index in [0.717, 1.165) is 0 Å². The molecule has 142 valence electrons. The number of primary amides is 1. The van der Waals surface area contributed by atoms with E-state index in [2.05, 4.69) is 5.32 Å². The van der Waals surface area contributed by atoms with Gasteiger partial charge < -0.3 is 10.5 Å². The van der Waals surface area contributed by atoms with E-state index in [9.17, 15) is 14.4 Å². The summed E-state index contributed by atoms with van der Waals surface area (Å²) in [6.45, 7) is -0.332. The molecule has 0 bridgehead atoms. The van der Waals surface area contributed by atoms with E-state index in [0.29, 0.717) is 22.0 Å². The quantitative estimate of drug-likeness (QED) is 0.442. The molecule has 3 rings (SSSR count). The summed E-state index contributed by atoms with van der Waals surface area (Å²) < 4.78 is 5.34. The van der Waals surface area contributed by atoms with Gasteiger partial charge in [-0.3, -0.25) is 24.6 Å². The van der Waals surface area contributed by atoms with Crippen LogP contribution in [0.15, 0.2) is 54.1 Å². The molecule has 2 aromatic carbocycles. The van der Waals surface area contributed by atoms with Gasteiger partial charge in [-0.25, -0.2) is 0 Å². The number of halogens is 1. The second-order valence-electron chi connectivity index (χ2n) is 5.73. The molecule has 0 unspecified atom stereocenters. The molecule has 1 aliphatic heterocycles. The molecule has 2 aromatic rings. The highest BCUT2D eigenvalue weighted by molar-refractivity contribution is 7.80. The number of thiocarbonyl (C=S) groups is 1. The lowest BCUT2D eigenvalue weighted by Crippen LogP contribution is -2.54. The molecule has 0 aromatic heterocycles. The first-order chi connectivity index (χ1) is 13.4. The molecule has 1 saturated heterocycles. The third kappa shape index (κ3) is 4.19. The Labute approximate surface area is 170 Å². The fourth-order valence-electron chi connectivity index (χ4n) is 2.52. The molecule has 7 nitrogen and oxygen atoms in total. The third-order valence-electron chi connectivity index (χ3n) is 3.78. The number of amides is 3. The van der Waals surface area contributed by atoms with Crippen molar-refractivity contribution < 1.29 is 19.1 Å². The maximum atomic E-state index is 13.0. The van der Waals surface area contributed by atoms with Crippen molar-refractivity contribution in [3.8, 4) is 5.75 Å². The Morgan fingerprint density at radius 1 is 1.18 bits per heavy atom. The number of nitrogens with zero attached hydrogens (tertiary/aromatic N) is 1. The van der Waals surface area contributed by atoms with Gasteiger partial charge in [0.1, 0.15) is 11.3 Å². The Morgan fingerprint density at radius 2 is 1.86 bits per heavy atom. The second kappa shape index (κ2) is 8.20. The summed E-state index contributed by atoms with van der Waals surface area (Å²) in [7, 11) is 0. The van der Waals surface area contributed by atoms with Crippen LogP contribution in [0.1, 0.15) is 5.56 Å². The smallest absolute Gasteiger partial charge is 0.270 e. The van der Waals surface area contributed by atoms with E-state index in [1.807, 2.05) is 0 Å². The summed E-state index contributed by atoms with van der Waals surface area (Å²) in [6.07, 6.45) is 1.37. The zero-order valence-electron chi connectivity index (χ0n) is 14.3. The number of para-hydroxylation sites is 1. The van der Waals surface area contributed by atoms with Gasteiger partial charge in [-0.1, -0.05) is 29.8 Å². The van der Waals surface area contributed by atoms with E-state index < -0.39 is 17.7 Å². The SMILES string of the molecule is NC(=O)COc1ccccc1C=C1C(=O)NC(=S)N(c2ccc(Cl)cc2)C1=O. The van der Waals surface area contributed by atoms with Crippen LogP contribution in [0.5, 0.6) is 5.75 Å². The van der Waals surface area contributed by atoms with Crippen LogP contribution in [0.2, 0.25) is 5.02 Å². The van der Waals surface area contributed by atoms with Crippen LogP contribution in [-0.4, -0.2) is 29.4 Å². The Kier molecular flexibility index (Phi) is 5.72. The molecule has 1 aliphatic rings. The van der Waals surface area contributed by atoms with Gasteiger partial charge in [0.2, 0.25) is 0 Å². The first-order valence-electron chi connectivity index (χ1n) is 8.04. The molecule has 0 radical (unpaired) electrons. The average Bonchev–Trinajstić information content (AvgIpc) is 2.65. The number of rotatable bonds is 5. The fourth-order valence-corrected chi connectivity index (χ4v) is 2.92. The first-order valence-corrected chi connectivity index (χ1v) is 8.82. The van der Waals surface area contributed by atoms with E-state index in [1.54, 1.807) is 48.5 Å². The summed E-state index contributed by atoms with van der Waals surface area (Å²) in [4.78, 5) is 37.5. The summed E-state index contributed by atoms with van der Waals surface area (Å²) in [5, 5.41) is 2.96. The van der Waals surface area contributed by atoms with Crippen LogP contribution in [0.4, 0.5) is 5.69 Å². The normalized spacial score (nSPS) is 15.5. The van der Waals surface area contributed by atoms with Crippen molar-refractivity contribution in [2.75, 3.05) is 11.5 Å². The van der Waals surface area contributed by atoms with Gasteiger partial charge in [-0.15, -0.1) is 0 Å². The van der Waals surface area contributed by atoms with Crippen LogP contribution in [0, 0.1) is 0 Å². The third-order valence-corrected chi connectivity index (χ3v) is 4.31. The lowest BCUT2D eigenvalue weighted by atomic mass is 10.1. The summed E-state index contributed by atoms with van der Waals surface area (Å²) in [6, 6.07) is 13.1. The lowest BCUT2D eigenvalue weighted by molar-refractivity contribution is -0.122. The molecule has 1 fully saturated rings. The van der Waals surface area contributed by atoms with Gasteiger partial charge in [0, 0.05) is 10.6 Å². The number of anilines is 1. The largest absolute Gasteiger partial charge is 0.483 e. The minimum atomic E-state index is -0.645. The Hall–Kier alpha value is -3.23. The van der Waals surface area contributed by atoms with Gasteiger partial charge in [0.15, 0.2) is 11.7 Å². The maximum Gasteiger partial charge on any atom is 0.270 e. The Balaban J connectivity index is 1.98. The zero-order chi connectivity index (χ0) is 20.3. The average molecular weight is 416 g/mol. The van der Waals surface area contributed by atoms with Crippen LogP contribution >= 0.6 is 23.8 Å². The molecule has 3 amide bonds. The predicted octanol–water partition coefficient (Wildman–Crippen LogP) is 2.04. The Bertz CT molecular complexity index is 1000. The lowest BCUT2D eigenvalue weighted by Gasteiger charge is -2.29. The topological polar surface area (TPSA) is 102 Å². The highest BCUT2D eigenvalue weighted by Gasteiger charge is 2.34. The van der Waals surface area contributed by atoms with E-state index >= 15 is 0 Å². The number of hydrogen-bond acceptors (Lipinski definition) is 5. The van der Waals surface area contributed by atoms with E-state index in [-0.39, 0.29) is 17.3 Å². The summed E-state index contributed by atoms with van der Waals surface area (Å²) in [5.41, 5.74) is 5.86. The number of benzene rings is 2. The van der Waals surface area contributed by atoms with Crippen molar-refractivity contribution in [3.05, 3.63) is 64.7 Å². The van der Waals surface area contributed by atoms with Crippen LogP contribution in [0.3, 0.4) is 0 Å². The highest BCUT2D eigenvalue weighted by Crippen LogP contribution is 2.26. The number of ether oxygens (including phenoxy) is 1. The van der Waals surface area contributed by atoms with Gasteiger partial charge in [0.25, 0.3) is 17.7 Å². The van der Waals surface area contributed by atoms with Gasteiger partial charge in [-0.2, -0.15) is 0 Å². The summed E-state index contributed by atoms with van der Waals surface area (Å²) in [5.74, 6) is -1.57. The van der Waals surface area contributed by atoms with E-state index in [4.69, 9.17) is 34.3 Å². The molecular weight excluding hydrogens is 402 g/mol. The summed E-state index contributed by atoms with van der Waals surface area (Å²) >= 11 is 11.0. The van der Waals surface area contributed by atoms with Crippen molar-refractivity contribution in [1.29, 1.82) is 0 Å². The molecule has 0 spiro atoms. The Morgan fingerprint density at radius 3 is 2.54 bits per heavy atom. The maximum absolute atomic E-state index is 13.0. The fraction of sp³-hybridized carbons (Fsp3) is 0.0526. The number of nitrogens with one attached hydrogen (secondary N) is 1. The van der Waals surface area contributed by atoms with Crippen LogP contribution < -0.4 is 20.7 Å². The molecule has 0 atom stereocenters. The molecule has 0 aliphatic carbocycles. The van der Waals surface area contributed by atoms with Crippen LogP contribution in [-0.2, 0) is 14.4 Å². The van der Waals surface area contributed by atoms with Crippen molar-refractivity contribution in [3.63, 3.8) is 0 Å². The number of hydrogen-bond donors (Lipinski definition) is 2. The number of carbonyl (C=O) groups is 3. The van der Waals surface area contributed by atoms with Crippen molar-refractivity contribution in [2.24, 2.45) is 5.73 Å². The number of nitrogens with two attached hydrogens (primary N) is 1. The van der Waals surface area contributed by atoms with Crippen LogP contribution in [0.25, 0.3) is 6.08 Å². The standard InChI is InChI=1S/C19H14ClN3O4S/c20-12-5-7-13(8-6-12)23-18(26)14(17(25)22-19(23)28)9-11-3-1-2-4-15(11)27-10-16(21)24/h1-9H,10H2,(H2,21,24)(H,22,25,28). The van der Waals surface area contributed by atoms with Crippen molar-refractivity contribution in [1.82, 2.24) is 5.32 Å². The highest BCUT2D eigenvalue weighted by atomic mass is 35.5. The first kappa shape index (κ1) is 19.5. The van der Waals surface area contributed by atoms with Gasteiger partial charge in [-0.05, 0) is 48.6 Å². The minimum Gasteiger partial charge on any atom is -0.483 e. The molecule has 9 heteroatoms. The predicted molar refractivity (Wildman–Crippen MR) is 109 cm³/mol. The van der Waals surface area contributed by atoms with Gasteiger partial charge in [0.05, 0.1) is 5.69 Å². The van der Waals surface area contributed by atoms with Crippen molar-refractivity contribution in [2.45, 2.75) is 0 Å². The molecule has 3 N–H and O–H groups in total. The molecule has 28 heavy (non-hydrogen) atoms.